The van der Waals surface area contributed by atoms with Crippen molar-refractivity contribution in [2.75, 3.05) is 13.1 Å². The number of rotatable bonds is 7. The molecule has 5 heteroatoms. The molecule has 108 valence electrons. The predicted molar refractivity (Wildman–Crippen MR) is 78.4 cm³/mol. The second-order valence-electron chi connectivity index (χ2n) is 4.62. The lowest BCUT2D eigenvalue weighted by molar-refractivity contribution is 0.184. The molecule has 0 bridgehead atoms. The molecule has 0 fully saturated rings. The summed E-state index contributed by atoms with van der Waals surface area (Å²) in [6, 6.07) is 8.55. The normalized spacial score (nSPS) is 12.9. The fourth-order valence-corrected chi connectivity index (χ4v) is 4.41. The van der Waals surface area contributed by atoms with Crippen molar-refractivity contribution in [2.45, 2.75) is 44.0 Å². The third-order valence-electron chi connectivity index (χ3n) is 3.84. The van der Waals surface area contributed by atoms with Gasteiger partial charge in [-0.15, -0.1) is 0 Å². The van der Waals surface area contributed by atoms with Gasteiger partial charge < -0.3 is 5.73 Å². The molecule has 0 atom stereocenters. The number of nitrogens with zero attached hydrogens (tertiary/aromatic N) is 1. The molecule has 0 spiro atoms. The molecule has 4 nitrogen and oxygen atoms in total. The summed E-state index contributed by atoms with van der Waals surface area (Å²) in [6.07, 6.45) is 1.42. The Morgan fingerprint density at radius 2 is 1.63 bits per heavy atom. The van der Waals surface area contributed by atoms with Crippen molar-refractivity contribution in [1.82, 2.24) is 4.31 Å². The summed E-state index contributed by atoms with van der Waals surface area (Å²) >= 11 is 0. The molecule has 0 aromatic heterocycles. The van der Waals surface area contributed by atoms with Crippen molar-refractivity contribution >= 4 is 10.0 Å². The molecule has 0 amide bonds. The van der Waals surface area contributed by atoms with Crippen LogP contribution in [0, 0.1) is 0 Å². The molecule has 0 aliphatic rings. The lowest BCUT2D eigenvalue weighted by Gasteiger charge is -2.40. The van der Waals surface area contributed by atoms with Gasteiger partial charge in [0.2, 0.25) is 10.0 Å². The summed E-state index contributed by atoms with van der Waals surface area (Å²) in [5.74, 6) is 0. The van der Waals surface area contributed by atoms with Gasteiger partial charge in [-0.1, -0.05) is 39.0 Å². The molecule has 2 N–H and O–H groups in total. The number of likely N-dealkylation sites (N-methyl/N-ethyl adjacent to an activating group) is 1. The highest BCUT2D eigenvalue weighted by molar-refractivity contribution is 7.89. The van der Waals surface area contributed by atoms with E-state index in [2.05, 4.69) is 0 Å². The lowest BCUT2D eigenvalue weighted by Crippen LogP contribution is -2.55. The van der Waals surface area contributed by atoms with Crippen molar-refractivity contribution in [3.63, 3.8) is 0 Å². The highest BCUT2D eigenvalue weighted by Crippen LogP contribution is 2.29. The average Bonchev–Trinajstić information content (AvgIpc) is 2.45. The van der Waals surface area contributed by atoms with E-state index in [4.69, 9.17) is 5.73 Å². The van der Waals surface area contributed by atoms with Gasteiger partial charge in [-0.2, -0.15) is 4.31 Å². The van der Waals surface area contributed by atoms with Gasteiger partial charge in [0.25, 0.3) is 0 Å². The van der Waals surface area contributed by atoms with Crippen LogP contribution < -0.4 is 5.73 Å². The fraction of sp³-hybridized carbons (Fsp3) is 0.571. The SMILES string of the molecule is CCN(C(CC)(CC)CN)S(=O)(=O)c1ccccc1. The van der Waals surface area contributed by atoms with Gasteiger partial charge in [0.1, 0.15) is 0 Å². The minimum atomic E-state index is -3.49. The highest BCUT2D eigenvalue weighted by Gasteiger charge is 2.39. The van der Waals surface area contributed by atoms with E-state index in [9.17, 15) is 8.42 Å². The Hall–Kier alpha value is -0.910. The van der Waals surface area contributed by atoms with Gasteiger partial charge in [0.05, 0.1) is 4.90 Å². The summed E-state index contributed by atoms with van der Waals surface area (Å²) in [5, 5.41) is 0. The molecule has 0 saturated carbocycles. The zero-order chi connectivity index (χ0) is 14.5. The molecule has 1 aromatic rings. The molecule has 0 heterocycles. The third-order valence-corrected chi connectivity index (χ3v) is 5.94. The van der Waals surface area contributed by atoms with E-state index in [1.807, 2.05) is 26.8 Å². The first-order valence-corrected chi connectivity index (χ1v) is 8.20. The lowest BCUT2D eigenvalue weighted by atomic mass is 9.93. The first-order chi connectivity index (χ1) is 8.98. The van der Waals surface area contributed by atoms with Crippen LogP contribution in [-0.2, 0) is 10.0 Å². The van der Waals surface area contributed by atoms with Crippen molar-refractivity contribution in [2.24, 2.45) is 5.73 Å². The number of benzene rings is 1. The summed E-state index contributed by atoms with van der Waals surface area (Å²) in [6.45, 7) is 6.59. The van der Waals surface area contributed by atoms with E-state index in [1.54, 1.807) is 28.6 Å². The Kier molecular flexibility index (Phi) is 5.52. The van der Waals surface area contributed by atoms with Crippen LogP contribution in [0.4, 0.5) is 0 Å². The van der Waals surface area contributed by atoms with Gasteiger partial charge in [-0.25, -0.2) is 8.42 Å². The Morgan fingerprint density at radius 1 is 1.11 bits per heavy atom. The van der Waals surface area contributed by atoms with E-state index in [1.165, 1.54) is 0 Å². The second kappa shape index (κ2) is 6.50. The van der Waals surface area contributed by atoms with Crippen LogP contribution in [0.15, 0.2) is 35.2 Å². The Bertz CT molecular complexity index is 473. The van der Waals surface area contributed by atoms with Crippen molar-refractivity contribution in [3.8, 4) is 0 Å². The van der Waals surface area contributed by atoms with Crippen LogP contribution in [0.2, 0.25) is 0 Å². The molecule has 1 aromatic carbocycles. The van der Waals surface area contributed by atoms with Crippen LogP contribution >= 0.6 is 0 Å². The number of nitrogens with two attached hydrogens (primary N) is 1. The monoisotopic (exact) mass is 284 g/mol. The van der Waals surface area contributed by atoms with Crippen LogP contribution in [0.25, 0.3) is 0 Å². The number of sulfonamides is 1. The van der Waals surface area contributed by atoms with Crippen molar-refractivity contribution in [1.29, 1.82) is 0 Å². The topological polar surface area (TPSA) is 63.4 Å². The Labute approximate surface area is 116 Å². The first kappa shape index (κ1) is 16.1. The number of hydrogen-bond donors (Lipinski definition) is 1. The fourth-order valence-electron chi connectivity index (χ4n) is 2.47. The molecule has 1 rings (SSSR count). The van der Waals surface area contributed by atoms with E-state index in [0.29, 0.717) is 30.8 Å². The minimum absolute atomic E-state index is 0.330. The van der Waals surface area contributed by atoms with E-state index < -0.39 is 15.6 Å². The van der Waals surface area contributed by atoms with Crippen LogP contribution in [0.3, 0.4) is 0 Å². The minimum Gasteiger partial charge on any atom is -0.329 e. The maximum atomic E-state index is 12.8. The predicted octanol–water partition coefficient (Wildman–Crippen LogP) is 2.21. The number of hydrogen-bond acceptors (Lipinski definition) is 3. The zero-order valence-electron chi connectivity index (χ0n) is 12.0. The molecule has 0 unspecified atom stereocenters. The zero-order valence-corrected chi connectivity index (χ0v) is 12.8. The maximum absolute atomic E-state index is 12.8. The Balaban J connectivity index is 3.30. The molecule has 0 radical (unpaired) electrons. The highest BCUT2D eigenvalue weighted by atomic mass is 32.2. The Morgan fingerprint density at radius 3 is 2.00 bits per heavy atom. The van der Waals surface area contributed by atoms with Gasteiger partial charge in [0, 0.05) is 18.6 Å². The molecular weight excluding hydrogens is 260 g/mol. The third kappa shape index (κ3) is 2.99. The standard InChI is InChI=1S/C14H24N2O2S/c1-4-14(5-2,12-15)16(6-3)19(17,18)13-10-8-7-9-11-13/h7-11H,4-6,12,15H2,1-3H3. The summed E-state index contributed by atoms with van der Waals surface area (Å²) in [7, 11) is -3.49. The van der Waals surface area contributed by atoms with Gasteiger partial charge >= 0.3 is 0 Å². The maximum Gasteiger partial charge on any atom is 0.243 e. The molecular formula is C14H24N2O2S. The average molecular weight is 284 g/mol. The molecule has 0 saturated heterocycles. The molecule has 0 aliphatic heterocycles. The van der Waals surface area contributed by atoms with Gasteiger partial charge in [0.15, 0.2) is 0 Å². The summed E-state index contributed by atoms with van der Waals surface area (Å²) < 4.78 is 27.1. The van der Waals surface area contributed by atoms with Crippen molar-refractivity contribution < 1.29 is 8.42 Å². The van der Waals surface area contributed by atoms with Crippen LogP contribution in [-0.4, -0.2) is 31.4 Å². The molecule has 19 heavy (non-hydrogen) atoms. The smallest absolute Gasteiger partial charge is 0.243 e. The molecule has 0 aliphatic carbocycles. The summed E-state index contributed by atoms with van der Waals surface area (Å²) in [5.41, 5.74) is 5.38. The second-order valence-corrected chi connectivity index (χ2v) is 6.48. The quantitative estimate of drug-likeness (QED) is 0.835. The first-order valence-electron chi connectivity index (χ1n) is 6.76. The van der Waals surface area contributed by atoms with Gasteiger partial charge in [-0.3, -0.25) is 0 Å². The van der Waals surface area contributed by atoms with Gasteiger partial charge in [-0.05, 0) is 25.0 Å². The van der Waals surface area contributed by atoms with E-state index in [0.717, 1.165) is 0 Å². The largest absolute Gasteiger partial charge is 0.329 e. The van der Waals surface area contributed by atoms with Crippen LogP contribution in [0.5, 0.6) is 0 Å². The van der Waals surface area contributed by atoms with E-state index in [-0.39, 0.29) is 0 Å². The van der Waals surface area contributed by atoms with Crippen molar-refractivity contribution in [3.05, 3.63) is 30.3 Å². The van der Waals surface area contributed by atoms with E-state index >= 15 is 0 Å². The van der Waals surface area contributed by atoms with Crippen LogP contribution in [0.1, 0.15) is 33.6 Å². The summed E-state index contributed by atoms with van der Waals surface area (Å²) in [4.78, 5) is 0.330.